The second-order valence-corrected chi connectivity index (χ2v) is 6.52. The quantitative estimate of drug-likeness (QED) is 0.783. The van der Waals surface area contributed by atoms with Crippen molar-refractivity contribution in [3.63, 3.8) is 0 Å². The first-order valence-corrected chi connectivity index (χ1v) is 7.94. The lowest BCUT2D eigenvalue weighted by atomic mass is 10.2. The van der Waals surface area contributed by atoms with Gasteiger partial charge in [-0.2, -0.15) is 5.10 Å². The van der Waals surface area contributed by atoms with Gasteiger partial charge in [-0.1, -0.05) is 0 Å². The third kappa shape index (κ3) is 2.92. The molecule has 3 rings (SSSR count). The van der Waals surface area contributed by atoms with Crippen LogP contribution in [0.1, 0.15) is 26.6 Å². The first-order valence-electron chi connectivity index (χ1n) is 7.12. The summed E-state index contributed by atoms with van der Waals surface area (Å²) in [5.41, 5.74) is 1.33. The van der Waals surface area contributed by atoms with Gasteiger partial charge in [0.25, 0.3) is 5.91 Å². The Balaban J connectivity index is 1.98. The van der Waals surface area contributed by atoms with Gasteiger partial charge in [-0.25, -0.2) is 18.4 Å². The van der Waals surface area contributed by atoms with Gasteiger partial charge in [-0.15, -0.1) is 11.3 Å². The number of amides is 1. The summed E-state index contributed by atoms with van der Waals surface area (Å²) in [6.45, 7) is 5.21. The number of carbonyl (C=O) groups is 1. The monoisotopic (exact) mass is 348 g/mol. The fraction of sp³-hybridized carbons (Fsp3) is 0.188. The molecule has 0 atom stereocenters. The van der Waals surface area contributed by atoms with Crippen LogP contribution in [0.2, 0.25) is 0 Å². The lowest BCUT2D eigenvalue weighted by Gasteiger charge is -2.06. The summed E-state index contributed by atoms with van der Waals surface area (Å²) in [6.07, 6.45) is 1.66. The fourth-order valence-electron chi connectivity index (χ4n) is 2.43. The van der Waals surface area contributed by atoms with E-state index in [-0.39, 0.29) is 11.6 Å². The minimum Gasteiger partial charge on any atom is -0.298 e. The van der Waals surface area contributed by atoms with E-state index in [1.165, 1.54) is 22.1 Å². The highest BCUT2D eigenvalue weighted by Crippen LogP contribution is 2.23. The third-order valence-corrected chi connectivity index (χ3v) is 4.33. The molecule has 8 heteroatoms. The van der Waals surface area contributed by atoms with Gasteiger partial charge >= 0.3 is 0 Å². The van der Waals surface area contributed by atoms with Gasteiger partial charge in [-0.3, -0.25) is 10.1 Å². The topological polar surface area (TPSA) is 59.8 Å². The third-order valence-electron chi connectivity index (χ3n) is 3.50. The number of halogens is 2. The molecule has 1 N–H and O–H groups in total. The molecular weight excluding hydrogens is 334 g/mol. The van der Waals surface area contributed by atoms with Crippen LogP contribution in [0.3, 0.4) is 0 Å². The molecule has 0 radical (unpaired) electrons. The largest absolute Gasteiger partial charge is 0.298 e. The number of aryl methyl sites for hydroxylation is 2. The van der Waals surface area contributed by atoms with Crippen molar-refractivity contribution in [2.45, 2.75) is 20.8 Å². The molecule has 24 heavy (non-hydrogen) atoms. The van der Waals surface area contributed by atoms with Crippen molar-refractivity contribution in [2.75, 3.05) is 5.32 Å². The highest BCUT2D eigenvalue weighted by Gasteiger charge is 2.21. The molecule has 3 aromatic rings. The SMILES string of the molecule is Cc1cnc(NC(=O)c2c(C)nn(-c3ccc(F)cc3F)c2C)s1. The van der Waals surface area contributed by atoms with Crippen LogP contribution in [-0.4, -0.2) is 20.7 Å². The summed E-state index contributed by atoms with van der Waals surface area (Å²) < 4.78 is 28.4. The van der Waals surface area contributed by atoms with Crippen LogP contribution in [0.25, 0.3) is 5.69 Å². The molecule has 1 aromatic carbocycles. The molecule has 0 fully saturated rings. The van der Waals surface area contributed by atoms with Crippen molar-refractivity contribution in [1.29, 1.82) is 0 Å². The number of aromatic nitrogens is 3. The van der Waals surface area contributed by atoms with Crippen molar-refractivity contribution < 1.29 is 13.6 Å². The van der Waals surface area contributed by atoms with E-state index in [4.69, 9.17) is 0 Å². The van der Waals surface area contributed by atoms with Crippen molar-refractivity contribution >= 4 is 22.4 Å². The summed E-state index contributed by atoms with van der Waals surface area (Å²) in [4.78, 5) is 17.6. The number of hydrogen-bond acceptors (Lipinski definition) is 4. The fourth-order valence-corrected chi connectivity index (χ4v) is 3.09. The lowest BCUT2D eigenvalue weighted by molar-refractivity contribution is 0.102. The van der Waals surface area contributed by atoms with E-state index in [9.17, 15) is 13.6 Å². The molecule has 0 unspecified atom stereocenters. The zero-order valence-electron chi connectivity index (χ0n) is 13.2. The average molecular weight is 348 g/mol. The molecule has 0 saturated heterocycles. The van der Waals surface area contributed by atoms with Gasteiger partial charge < -0.3 is 0 Å². The van der Waals surface area contributed by atoms with Crippen molar-refractivity contribution in [2.24, 2.45) is 0 Å². The smallest absolute Gasteiger partial charge is 0.261 e. The van der Waals surface area contributed by atoms with Crippen LogP contribution >= 0.6 is 11.3 Å². The standard InChI is InChI=1S/C16H14F2N4OS/c1-8-7-19-16(24-8)20-15(23)14-9(2)21-22(10(14)3)13-5-4-11(17)6-12(13)18/h4-7H,1-3H3,(H,19,20,23). The lowest BCUT2D eigenvalue weighted by Crippen LogP contribution is -2.14. The molecule has 0 aliphatic rings. The molecule has 124 valence electrons. The van der Waals surface area contributed by atoms with Gasteiger partial charge in [0.2, 0.25) is 0 Å². The zero-order valence-corrected chi connectivity index (χ0v) is 14.0. The van der Waals surface area contributed by atoms with Crippen LogP contribution < -0.4 is 5.32 Å². The normalized spacial score (nSPS) is 10.9. The Morgan fingerprint density at radius 2 is 2.00 bits per heavy atom. The molecule has 5 nitrogen and oxygen atoms in total. The van der Waals surface area contributed by atoms with E-state index in [0.29, 0.717) is 22.1 Å². The predicted octanol–water partition coefficient (Wildman–Crippen LogP) is 3.78. The molecule has 0 spiro atoms. The Hall–Kier alpha value is -2.61. The van der Waals surface area contributed by atoms with E-state index < -0.39 is 11.6 Å². The van der Waals surface area contributed by atoms with Crippen molar-refractivity contribution in [1.82, 2.24) is 14.8 Å². The van der Waals surface area contributed by atoms with E-state index in [0.717, 1.165) is 17.0 Å². The first-order chi connectivity index (χ1) is 11.4. The van der Waals surface area contributed by atoms with Gasteiger partial charge in [0.15, 0.2) is 10.9 Å². The molecular formula is C16H14F2N4OS. The minimum atomic E-state index is -0.747. The number of nitrogens with one attached hydrogen (secondary N) is 1. The molecule has 0 bridgehead atoms. The van der Waals surface area contributed by atoms with E-state index in [1.54, 1.807) is 20.0 Å². The maximum absolute atomic E-state index is 14.0. The molecule has 2 aromatic heterocycles. The highest BCUT2D eigenvalue weighted by atomic mass is 32.1. The van der Waals surface area contributed by atoms with E-state index in [2.05, 4.69) is 15.4 Å². The Kier molecular flexibility index (Phi) is 4.15. The number of hydrogen-bond donors (Lipinski definition) is 1. The Bertz CT molecular complexity index is 932. The number of anilines is 1. The number of rotatable bonds is 3. The van der Waals surface area contributed by atoms with Gasteiger partial charge in [0.1, 0.15) is 11.5 Å². The second-order valence-electron chi connectivity index (χ2n) is 5.28. The highest BCUT2D eigenvalue weighted by molar-refractivity contribution is 7.15. The van der Waals surface area contributed by atoms with Gasteiger partial charge in [0, 0.05) is 17.1 Å². The van der Waals surface area contributed by atoms with Crippen LogP contribution in [0.15, 0.2) is 24.4 Å². The maximum Gasteiger partial charge on any atom is 0.261 e. The number of thiazole rings is 1. The maximum atomic E-state index is 14.0. The van der Waals surface area contributed by atoms with Crippen LogP contribution in [0, 0.1) is 32.4 Å². The number of carbonyl (C=O) groups excluding carboxylic acids is 1. The first kappa shape index (κ1) is 16.3. The van der Waals surface area contributed by atoms with E-state index in [1.807, 2.05) is 6.92 Å². The van der Waals surface area contributed by atoms with Crippen LogP contribution in [0.4, 0.5) is 13.9 Å². The molecule has 2 heterocycles. The predicted molar refractivity (Wildman–Crippen MR) is 87.8 cm³/mol. The Labute approximate surface area is 141 Å². The number of nitrogens with zero attached hydrogens (tertiary/aromatic N) is 3. The summed E-state index contributed by atoms with van der Waals surface area (Å²) in [6, 6.07) is 3.22. The molecule has 1 amide bonds. The van der Waals surface area contributed by atoms with Crippen molar-refractivity contribution in [3.8, 4) is 5.69 Å². The Morgan fingerprint density at radius 1 is 1.25 bits per heavy atom. The zero-order chi connectivity index (χ0) is 17.4. The molecule has 0 saturated carbocycles. The average Bonchev–Trinajstić information content (AvgIpc) is 3.02. The van der Waals surface area contributed by atoms with Crippen LogP contribution in [-0.2, 0) is 0 Å². The van der Waals surface area contributed by atoms with Crippen molar-refractivity contribution in [3.05, 3.63) is 57.9 Å². The van der Waals surface area contributed by atoms with Gasteiger partial charge in [-0.05, 0) is 32.9 Å². The second kappa shape index (κ2) is 6.12. The Morgan fingerprint density at radius 3 is 2.62 bits per heavy atom. The summed E-state index contributed by atoms with van der Waals surface area (Å²) in [5.74, 6) is -1.79. The van der Waals surface area contributed by atoms with E-state index >= 15 is 0 Å². The summed E-state index contributed by atoms with van der Waals surface area (Å²) in [5, 5.41) is 7.41. The number of benzene rings is 1. The molecule has 0 aliphatic carbocycles. The van der Waals surface area contributed by atoms with Crippen LogP contribution in [0.5, 0.6) is 0 Å². The molecule has 0 aliphatic heterocycles. The van der Waals surface area contributed by atoms with Gasteiger partial charge in [0.05, 0.1) is 17.0 Å². The summed E-state index contributed by atoms with van der Waals surface area (Å²) >= 11 is 1.36. The summed E-state index contributed by atoms with van der Waals surface area (Å²) in [7, 11) is 0. The minimum absolute atomic E-state index is 0.0844.